The maximum Gasteiger partial charge on any atom is 0.211 e. The predicted octanol–water partition coefficient (Wildman–Crippen LogP) is 5.73. The van der Waals surface area contributed by atoms with Crippen LogP contribution in [0.15, 0.2) is 30.4 Å². The Hall–Kier alpha value is -2.70. The minimum atomic E-state index is -0.720. The van der Waals surface area contributed by atoms with Gasteiger partial charge < -0.3 is 28.8 Å². The first kappa shape index (κ1) is 24.3. The lowest BCUT2D eigenvalue weighted by Crippen LogP contribution is -2.47. The van der Waals surface area contributed by atoms with Crippen LogP contribution in [0.3, 0.4) is 0 Å². The Bertz CT molecular complexity index is 1350. The van der Waals surface area contributed by atoms with Crippen molar-refractivity contribution < 1.29 is 28.8 Å². The maximum absolute atomic E-state index is 11.8. The van der Waals surface area contributed by atoms with E-state index in [0.29, 0.717) is 37.2 Å². The molecular weight excluding hydrogens is 480 g/mol. The van der Waals surface area contributed by atoms with Crippen LogP contribution in [0.4, 0.5) is 0 Å². The summed E-state index contributed by atoms with van der Waals surface area (Å²) in [6.45, 7) is 15.9. The van der Waals surface area contributed by atoms with E-state index >= 15 is 0 Å². The number of phenolic OH excluding ortho intramolecular Hbond substituents is 1. The first-order valence-electron chi connectivity index (χ1n) is 14.1. The van der Waals surface area contributed by atoms with Gasteiger partial charge in [-0.25, -0.2) is 0 Å². The maximum atomic E-state index is 11.8. The molecule has 2 saturated heterocycles. The van der Waals surface area contributed by atoms with Crippen molar-refractivity contribution >= 4 is 0 Å². The van der Waals surface area contributed by atoms with Crippen LogP contribution in [0.1, 0.15) is 62.4 Å². The van der Waals surface area contributed by atoms with Crippen LogP contribution in [-0.4, -0.2) is 36.0 Å². The fourth-order valence-corrected chi connectivity index (χ4v) is 7.44. The van der Waals surface area contributed by atoms with Crippen LogP contribution in [0.2, 0.25) is 0 Å². The number of hydrogen-bond acceptors (Lipinski definition) is 6. The van der Waals surface area contributed by atoms with Crippen molar-refractivity contribution in [3.8, 4) is 23.0 Å². The number of ether oxygens (including phenoxy) is 5. The summed E-state index contributed by atoms with van der Waals surface area (Å²) in [5.41, 5.74) is 6.08. The van der Waals surface area contributed by atoms with Crippen molar-refractivity contribution in [2.24, 2.45) is 23.7 Å². The molecule has 38 heavy (non-hydrogen) atoms. The van der Waals surface area contributed by atoms with Crippen molar-refractivity contribution in [3.63, 3.8) is 0 Å². The smallest absolute Gasteiger partial charge is 0.211 e. The molecule has 2 aromatic carbocycles. The molecule has 0 aliphatic carbocycles. The molecule has 5 aliphatic rings. The summed E-state index contributed by atoms with van der Waals surface area (Å²) in [7, 11) is 0. The molecule has 0 spiro atoms. The molecule has 2 fully saturated rings. The summed E-state index contributed by atoms with van der Waals surface area (Å²) >= 11 is 0. The molecule has 0 aromatic heterocycles. The molecule has 0 amide bonds. The lowest BCUT2D eigenvalue weighted by Gasteiger charge is -2.43. The summed E-state index contributed by atoms with van der Waals surface area (Å²) < 4.78 is 31.9. The average molecular weight is 519 g/mol. The van der Waals surface area contributed by atoms with Gasteiger partial charge in [-0.2, -0.15) is 0 Å². The number of phenols is 1. The Morgan fingerprint density at radius 3 is 2.24 bits per heavy atom. The molecule has 202 valence electrons. The second kappa shape index (κ2) is 8.15. The van der Waals surface area contributed by atoms with Crippen molar-refractivity contribution in [3.05, 3.63) is 58.2 Å². The van der Waals surface area contributed by atoms with Gasteiger partial charge in [-0.15, -0.1) is 0 Å². The van der Waals surface area contributed by atoms with Crippen molar-refractivity contribution in [1.82, 2.24) is 0 Å². The quantitative estimate of drug-likeness (QED) is 0.524. The molecule has 5 heterocycles. The van der Waals surface area contributed by atoms with E-state index in [-0.39, 0.29) is 23.7 Å². The Morgan fingerprint density at radius 1 is 0.947 bits per heavy atom. The number of benzene rings is 2. The summed E-state index contributed by atoms with van der Waals surface area (Å²) in [5, 5.41) is 11.8. The molecule has 5 aliphatic heterocycles. The Labute approximate surface area is 224 Å². The minimum Gasteiger partial charge on any atom is -0.507 e. The van der Waals surface area contributed by atoms with Gasteiger partial charge in [0.25, 0.3) is 0 Å². The van der Waals surface area contributed by atoms with E-state index in [9.17, 15) is 5.11 Å². The molecule has 7 unspecified atom stereocenters. The Balaban J connectivity index is 1.34. The minimum absolute atomic E-state index is 0.0222. The second-order valence-electron chi connectivity index (χ2n) is 12.7. The van der Waals surface area contributed by atoms with E-state index in [0.717, 1.165) is 58.6 Å². The zero-order valence-electron chi connectivity index (χ0n) is 23.1. The zero-order chi connectivity index (χ0) is 26.6. The third-order valence-corrected chi connectivity index (χ3v) is 9.84. The largest absolute Gasteiger partial charge is 0.507 e. The van der Waals surface area contributed by atoms with Crippen LogP contribution in [0, 0.1) is 23.7 Å². The highest BCUT2D eigenvalue weighted by Crippen LogP contribution is 2.57. The van der Waals surface area contributed by atoms with Crippen LogP contribution >= 0.6 is 0 Å². The SMILES string of the molecule is C=C(C)C1Cc2cc(Cc3c(O)c4c(c5c3OC3(C)OCC(C)C3C5)OC3(C)OCC(C)C3C4)ccc2O1. The highest BCUT2D eigenvalue weighted by Gasteiger charge is 2.55. The normalized spacial score (nSPS) is 36.2. The van der Waals surface area contributed by atoms with E-state index < -0.39 is 11.6 Å². The van der Waals surface area contributed by atoms with E-state index in [1.54, 1.807) is 0 Å². The zero-order valence-corrected chi connectivity index (χ0v) is 23.1. The molecule has 0 bridgehead atoms. The molecule has 1 N–H and O–H groups in total. The van der Waals surface area contributed by atoms with E-state index in [1.165, 1.54) is 5.56 Å². The summed E-state index contributed by atoms with van der Waals surface area (Å²) in [4.78, 5) is 0. The molecule has 2 aromatic rings. The molecule has 7 rings (SSSR count). The molecule has 7 atom stereocenters. The Morgan fingerprint density at radius 2 is 1.58 bits per heavy atom. The van der Waals surface area contributed by atoms with Crippen LogP contribution in [-0.2, 0) is 35.2 Å². The topological polar surface area (TPSA) is 66.4 Å². The number of rotatable bonds is 3. The van der Waals surface area contributed by atoms with Gasteiger partial charge in [0, 0.05) is 55.2 Å². The molecule has 0 saturated carbocycles. The van der Waals surface area contributed by atoms with Crippen molar-refractivity contribution in [1.29, 1.82) is 0 Å². The van der Waals surface area contributed by atoms with Gasteiger partial charge >= 0.3 is 0 Å². The fraction of sp³-hybridized carbons (Fsp3) is 0.562. The molecule has 6 nitrogen and oxygen atoms in total. The summed E-state index contributed by atoms with van der Waals surface area (Å²) in [5.74, 6) is 2.37. The predicted molar refractivity (Wildman–Crippen MR) is 143 cm³/mol. The van der Waals surface area contributed by atoms with Gasteiger partial charge in [-0.05, 0) is 54.4 Å². The van der Waals surface area contributed by atoms with Crippen LogP contribution in [0.25, 0.3) is 0 Å². The van der Waals surface area contributed by atoms with Gasteiger partial charge in [0.2, 0.25) is 11.6 Å². The van der Waals surface area contributed by atoms with E-state index in [4.69, 9.17) is 23.7 Å². The van der Waals surface area contributed by atoms with Gasteiger partial charge in [-0.3, -0.25) is 0 Å². The van der Waals surface area contributed by atoms with Gasteiger partial charge in [0.1, 0.15) is 29.1 Å². The van der Waals surface area contributed by atoms with Crippen molar-refractivity contribution in [2.45, 2.75) is 78.0 Å². The van der Waals surface area contributed by atoms with Gasteiger partial charge in [0.05, 0.1) is 13.2 Å². The highest BCUT2D eigenvalue weighted by atomic mass is 16.7. The lowest BCUT2D eigenvalue weighted by molar-refractivity contribution is -0.174. The van der Waals surface area contributed by atoms with Crippen molar-refractivity contribution in [2.75, 3.05) is 13.2 Å². The molecule has 0 radical (unpaired) electrons. The molecule has 6 heteroatoms. The first-order chi connectivity index (χ1) is 18.1. The van der Waals surface area contributed by atoms with E-state index in [1.807, 2.05) is 26.8 Å². The number of hydrogen-bond donors (Lipinski definition) is 1. The average Bonchev–Trinajstić information content (AvgIpc) is 3.53. The van der Waals surface area contributed by atoms with Crippen LogP contribution in [0.5, 0.6) is 23.0 Å². The lowest BCUT2D eigenvalue weighted by atomic mass is 9.77. The third-order valence-electron chi connectivity index (χ3n) is 9.84. The summed E-state index contributed by atoms with van der Waals surface area (Å²) in [6.07, 6.45) is 2.91. The van der Waals surface area contributed by atoms with E-state index in [2.05, 4.69) is 32.6 Å². The number of fused-ring (bicyclic) bond motifs is 6. The standard InChI is InChI=1S/C32H38O6/c1-16(2)27-11-20-9-19(7-8-26(20)36-27)10-21-28(33)22-12-24-17(3)14-34-31(24,5)38-30(22)23-13-25-18(4)15-35-32(25,6)37-29(21)23/h7-9,17-18,24-25,27,33H,1,10-15H2,2-6H3. The monoisotopic (exact) mass is 518 g/mol. The Kier molecular flexibility index (Phi) is 5.22. The van der Waals surface area contributed by atoms with Crippen LogP contribution < -0.4 is 14.2 Å². The summed E-state index contributed by atoms with van der Waals surface area (Å²) in [6, 6.07) is 6.33. The highest BCUT2D eigenvalue weighted by molar-refractivity contribution is 5.65. The molecular formula is C32H38O6. The fourth-order valence-electron chi connectivity index (χ4n) is 7.44. The van der Waals surface area contributed by atoms with Gasteiger partial charge in [-0.1, -0.05) is 32.6 Å². The second-order valence-corrected chi connectivity index (χ2v) is 12.7. The van der Waals surface area contributed by atoms with Gasteiger partial charge in [0.15, 0.2) is 0 Å². The first-order valence-corrected chi connectivity index (χ1v) is 14.1. The third kappa shape index (κ3) is 3.45. The number of aromatic hydroxyl groups is 1.